The van der Waals surface area contributed by atoms with Crippen LogP contribution in [0.5, 0.6) is 5.75 Å². The molecule has 0 aliphatic carbocycles. The lowest BCUT2D eigenvalue weighted by Crippen LogP contribution is -2.19. The summed E-state index contributed by atoms with van der Waals surface area (Å²) in [5, 5.41) is 5.12. The van der Waals surface area contributed by atoms with Gasteiger partial charge >= 0.3 is 5.97 Å². The molecule has 0 radical (unpaired) electrons. The Balaban J connectivity index is 1.42. The molecule has 0 bridgehead atoms. The van der Waals surface area contributed by atoms with Crippen LogP contribution < -0.4 is 15.1 Å². The van der Waals surface area contributed by atoms with Gasteiger partial charge in [-0.15, -0.1) is 0 Å². The van der Waals surface area contributed by atoms with Crippen molar-refractivity contribution in [2.24, 2.45) is 5.10 Å². The van der Waals surface area contributed by atoms with E-state index in [2.05, 4.69) is 53.4 Å². The predicted octanol–water partition coefficient (Wildman–Crippen LogP) is 7.41. The molecule has 0 fully saturated rings. The van der Waals surface area contributed by atoms with Crippen LogP contribution in [0, 0.1) is 0 Å². The molecule has 0 spiro atoms. The Labute approximate surface area is 248 Å². The number of hydrazone groups is 1. The first-order valence-corrected chi connectivity index (χ1v) is 13.9. The predicted molar refractivity (Wildman–Crippen MR) is 166 cm³/mol. The summed E-state index contributed by atoms with van der Waals surface area (Å²) >= 11 is 6.80. The molecule has 40 heavy (non-hydrogen) atoms. The van der Waals surface area contributed by atoms with E-state index in [-0.39, 0.29) is 0 Å². The van der Waals surface area contributed by atoms with E-state index in [4.69, 9.17) is 4.74 Å². The third kappa shape index (κ3) is 6.00. The highest BCUT2D eigenvalue weighted by atomic mass is 79.9. The Morgan fingerprint density at radius 2 is 1.62 bits per heavy atom. The maximum atomic E-state index is 13.4. The van der Waals surface area contributed by atoms with Crippen molar-refractivity contribution in [2.75, 3.05) is 19.0 Å². The Morgan fingerprint density at radius 3 is 2.35 bits per heavy atom. The molecule has 1 aromatic heterocycles. The van der Waals surface area contributed by atoms with E-state index < -0.39 is 11.9 Å². The van der Waals surface area contributed by atoms with Crippen LogP contribution in [0.25, 0.3) is 22.0 Å². The van der Waals surface area contributed by atoms with Gasteiger partial charge in [-0.3, -0.25) is 4.79 Å². The van der Waals surface area contributed by atoms with Crippen LogP contribution in [0.4, 0.5) is 5.69 Å². The highest BCUT2D eigenvalue weighted by Crippen LogP contribution is 2.34. The molecular formula is C31H24Br2N4O3. The minimum Gasteiger partial charge on any atom is -0.422 e. The van der Waals surface area contributed by atoms with Crippen LogP contribution in [0.2, 0.25) is 0 Å². The minimum absolute atomic E-state index is 0.306. The lowest BCUT2D eigenvalue weighted by molar-refractivity contribution is 0.0734. The van der Waals surface area contributed by atoms with Gasteiger partial charge in [0.2, 0.25) is 0 Å². The van der Waals surface area contributed by atoms with Crippen molar-refractivity contribution in [1.29, 1.82) is 0 Å². The van der Waals surface area contributed by atoms with Crippen molar-refractivity contribution < 1.29 is 14.3 Å². The Bertz CT molecular complexity index is 1730. The summed E-state index contributed by atoms with van der Waals surface area (Å²) in [5.41, 5.74) is 7.50. The first-order valence-electron chi connectivity index (χ1n) is 12.3. The van der Waals surface area contributed by atoms with Crippen molar-refractivity contribution in [2.45, 2.75) is 0 Å². The Morgan fingerprint density at radius 1 is 0.900 bits per heavy atom. The fourth-order valence-electron chi connectivity index (χ4n) is 4.21. The second kappa shape index (κ2) is 11.9. The third-order valence-corrected chi connectivity index (χ3v) is 7.23. The first kappa shape index (κ1) is 27.4. The number of fused-ring (bicyclic) bond motifs is 1. The number of ether oxygens (including phenoxy) is 1. The number of nitrogens with zero attached hydrogens (tertiary/aromatic N) is 2. The average molecular weight is 660 g/mol. The third-order valence-electron chi connectivity index (χ3n) is 6.21. The van der Waals surface area contributed by atoms with Gasteiger partial charge in [0, 0.05) is 50.8 Å². The van der Waals surface area contributed by atoms with Gasteiger partial charge < -0.3 is 14.6 Å². The highest BCUT2D eigenvalue weighted by molar-refractivity contribution is 9.10. The molecule has 0 saturated heterocycles. The SMILES string of the molecule is CN(C)c1ccc2[nH]c(C(=O)NN=Cc3cc(Br)ccc3OC(=O)c3ccc(Br)cc3)c(-c3ccccc3)c2c1. The molecule has 0 aliphatic heterocycles. The van der Waals surface area contributed by atoms with Crippen LogP contribution in [0.3, 0.4) is 0 Å². The quantitative estimate of drug-likeness (QED) is 0.0825. The van der Waals surface area contributed by atoms with Gasteiger partial charge in [0.15, 0.2) is 0 Å². The van der Waals surface area contributed by atoms with Crippen molar-refractivity contribution in [1.82, 2.24) is 10.4 Å². The van der Waals surface area contributed by atoms with E-state index in [1.807, 2.05) is 61.5 Å². The fourth-order valence-corrected chi connectivity index (χ4v) is 4.85. The number of carbonyl (C=O) groups excluding carboxylic acids is 2. The van der Waals surface area contributed by atoms with Crippen LogP contribution >= 0.6 is 31.9 Å². The zero-order chi connectivity index (χ0) is 28.2. The van der Waals surface area contributed by atoms with Crippen molar-refractivity contribution >= 4 is 66.5 Å². The molecule has 5 aromatic rings. The Hall–Kier alpha value is -4.21. The number of nitrogens with one attached hydrogen (secondary N) is 2. The smallest absolute Gasteiger partial charge is 0.343 e. The number of benzene rings is 4. The molecule has 200 valence electrons. The number of halogens is 2. The molecule has 9 heteroatoms. The Kier molecular flexibility index (Phi) is 8.14. The minimum atomic E-state index is -0.504. The molecule has 7 nitrogen and oxygen atoms in total. The van der Waals surface area contributed by atoms with Gasteiger partial charge in [-0.2, -0.15) is 5.10 Å². The lowest BCUT2D eigenvalue weighted by Gasteiger charge is -2.12. The summed E-state index contributed by atoms with van der Waals surface area (Å²) in [4.78, 5) is 31.4. The summed E-state index contributed by atoms with van der Waals surface area (Å²) in [6.07, 6.45) is 1.45. The number of hydrogen-bond acceptors (Lipinski definition) is 5. The average Bonchev–Trinajstić information content (AvgIpc) is 3.34. The summed E-state index contributed by atoms with van der Waals surface area (Å²) < 4.78 is 7.25. The van der Waals surface area contributed by atoms with E-state index in [1.165, 1.54) is 6.21 Å². The maximum absolute atomic E-state index is 13.4. The van der Waals surface area contributed by atoms with Gasteiger partial charge in [0.25, 0.3) is 5.91 Å². The number of carbonyl (C=O) groups is 2. The first-order chi connectivity index (χ1) is 19.3. The number of hydrogen-bond donors (Lipinski definition) is 2. The van der Waals surface area contributed by atoms with Crippen molar-refractivity contribution in [3.8, 4) is 16.9 Å². The number of aromatic nitrogens is 1. The van der Waals surface area contributed by atoms with E-state index in [9.17, 15) is 9.59 Å². The molecule has 5 rings (SSSR count). The van der Waals surface area contributed by atoms with E-state index in [0.29, 0.717) is 22.6 Å². The second-order valence-corrected chi connectivity index (χ2v) is 11.0. The number of aromatic amines is 1. The van der Waals surface area contributed by atoms with Gasteiger partial charge in [0.1, 0.15) is 11.4 Å². The molecule has 0 saturated carbocycles. The summed E-state index contributed by atoms with van der Waals surface area (Å²) in [6, 6.07) is 27.8. The molecule has 4 aromatic carbocycles. The van der Waals surface area contributed by atoms with Crippen LogP contribution in [0.15, 0.2) is 105 Å². The van der Waals surface area contributed by atoms with E-state index in [1.54, 1.807) is 42.5 Å². The monoisotopic (exact) mass is 658 g/mol. The van der Waals surface area contributed by atoms with Crippen LogP contribution in [0.1, 0.15) is 26.4 Å². The summed E-state index contributed by atoms with van der Waals surface area (Å²) in [7, 11) is 3.95. The number of anilines is 1. The lowest BCUT2D eigenvalue weighted by atomic mass is 10.0. The standard InChI is InChI=1S/C31H24Br2N4O3/c1-37(2)24-13-14-26-25(17-24)28(19-6-4-3-5-7-19)29(35-26)30(38)36-34-18-21-16-23(33)12-15-27(21)40-31(39)20-8-10-22(32)11-9-20/h3-18,35H,1-2H3,(H,36,38). The van der Waals surface area contributed by atoms with Crippen molar-refractivity contribution in [3.63, 3.8) is 0 Å². The van der Waals surface area contributed by atoms with Gasteiger partial charge in [-0.05, 0) is 66.2 Å². The molecule has 1 amide bonds. The topological polar surface area (TPSA) is 86.8 Å². The fraction of sp³-hybridized carbons (Fsp3) is 0.0645. The van der Waals surface area contributed by atoms with Gasteiger partial charge in [0.05, 0.1) is 11.8 Å². The molecular weight excluding hydrogens is 636 g/mol. The number of amides is 1. The normalized spacial score (nSPS) is 11.1. The second-order valence-electron chi connectivity index (χ2n) is 9.14. The largest absolute Gasteiger partial charge is 0.422 e. The number of rotatable bonds is 7. The number of H-pyrrole nitrogens is 1. The van der Waals surface area contributed by atoms with Crippen LogP contribution in [-0.2, 0) is 0 Å². The maximum Gasteiger partial charge on any atom is 0.343 e. The van der Waals surface area contributed by atoms with Gasteiger partial charge in [-0.25, -0.2) is 10.2 Å². The zero-order valence-corrected chi connectivity index (χ0v) is 24.8. The molecule has 0 aliphatic rings. The van der Waals surface area contributed by atoms with E-state index in [0.717, 1.165) is 36.7 Å². The van der Waals surface area contributed by atoms with Crippen LogP contribution in [-0.4, -0.2) is 37.2 Å². The number of esters is 1. The van der Waals surface area contributed by atoms with Gasteiger partial charge in [-0.1, -0.05) is 62.2 Å². The molecule has 1 heterocycles. The highest BCUT2D eigenvalue weighted by Gasteiger charge is 2.20. The molecule has 0 unspecified atom stereocenters. The zero-order valence-electron chi connectivity index (χ0n) is 21.6. The summed E-state index contributed by atoms with van der Waals surface area (Å²) in [6.45, 7) is 0. The van der Waals surface area contributed by atoms with Crippen molar-refractivity contribution in [3.05, 3.63) is 117 Å². The molecule has 2 N–H and O–H groups in total. The van der Waals surface area contributed by atoms with E-state index >= 15 is 0 Å². The summed E-state index contributed by atoms with van der Waals surface area (Å²) in [5.74, 6) is -0.599. The molecule has 0 atom stereocenters.